The van der Waals surface area contributed by atoms with Gasteiger partial charge in [-0.15, -0.1) is 0 Å². The molecule has 0 bridgehead atoms. The lowest BCUT2D eigenvalue weighted by molar-refractivity contribution is -0.107. The second kappa shape index (κ2) is 4.22. The summed E-state index contributed by atoms with van der Waals surface area (Å²) in [4.78, 5) is 21.5. The zero-order chi connectivity index (χ0) is 10.7. The highest BCUT2D eigenvalue weighted by Crippen LogP contribution is 2.23. The summed E-state index contributed by atoms with van der Waals surface area (Å²) in [5, 5.41) is 0. The van der Waals surface area contributed by atoms with Crippen LogP contribution in [0.1, 0.15) is 34.3 Å². The highest BCUT2D eigenvalue weighted by molar-refractivity contribution is 6.00. The van der Waals surface area contributed by atoms with Crippen molar-refractivity contribution < 1.29 is 9.59 Å². The monoisotopic (exact) mass is 200 g/mol. The maximum atomic E-state index is 11.4. The van der Waals surface area contributed by atoms with Crippen LogP contribution < -0.4 is 0 Å². The van der Waals surface area contributed by atoms with E-state index >= 15 is 0 Å². The molecule has 1 aliphatic carbocycles. The molecule has 0 spiro atoms. The fourth-order valence-electron chi connectivity index (χ4n) is 1.84. The average Bonchev–Trinajstić information content (AvgIpc) is 2.61. The number of aldehydes is 1. The quantitative estimate of drug-likeness (QED) is 0.702. The number of allylic oxidation sites excluding steroid dienone is 1. The Kier molecular flexibility index (Phi) is 2.77. The van der Waals surface area contributed by atoms with Crippen LogP contribution in [0.15, 0.2) is 24.3 Å². The zero-order valence-corrected chi connectivity index (χ0v) is 8.40. The van der Waals surface area contributed by atoms with Crippen molar-refractivity contribution in [2.45, 2.75) is 19.3 Å². The van der Waals surface area contributed by atoms with Crippen molar-refractivity contribution in [1.82, 2.24) is 0 Å². The minimum atomic E-state index is 0.244. The summed E-state index contributed by atoms with van der Waals surface area (Å²) in [5.41, 5.74) is 3.06. The van der Waals surface area contributed by atoms with Crippen molar-refractivity contribution in [1.29, 1.82) is 0 Å². The van der Waals surface area contributed by atoms with Crippen molar-refractivity contribution >= 4 is 18.1 Å². The van der Waals surface area contributed by atoms with E-state index in [1.807, 2.05) is 30.4 Å². The van der Waals surface area contributed by atoms with Gasteiger partial charge in [-0.05, 0) is 17.5 Å². The number of fused-ring (bicyclic) bond motifs is 1. The first-order valence-corrected chi connectivity index (χ1v) is 5.07. The van der Waals surface area contributed by atoms with Gasteiger partial charge in [0.25, 0.3) is 0 Å². The number of benzene rings is 1. The molecule has 0 unspecified atom stereocenters. The molecular weight excluding hydrogens is 188 g/mol. The highest BCUT2D eigenvalue weighted by Gasteiger charge is 2.18. The van der Waals surface area contributed by atoms with Crippen molar-refractivity contribution in [2.24, 2.45) is 0 Å². The number of aryl methyl sites for hydroxylation is 1. The smallest absolute Gasteiger partial charge is 0.163 e. The van der Waals surface area contributed by atoms with Crippen LogP contribution >= 0.6 is 0 Å². The van der Waals surface area contributed by atoms with Gasteiger partial charge in [0.15, 0.2) is 5.78 Å². The Labute approximate surface area is 88.6 Å². The molecule has 1 aromatic rings. The molecule has 0 N–H and O–H groups in total. The SMILES string of the molecule is O=CCC=Cc1ccc2c(c1)CCC2=O. The molecular formula is C13H12O2. The third-order valence-corrected chi connectivity index (χ3v) is 2.59. The summed E-state index contributed by atoms with van der Waals surface area (Å²) in [7, 11) is 0. The molecule has 0 radical (unpaired) electrons. The molecule has 0 saturated heterocycles. The molecule has 2 nitrogen and oxygen atoms in total. The molecule has 0 aromatic heterocycles. The molecule has 0 heterocycles. The van der Waals surface area contributed by atoms with E-state index in [0.717, 1.165) is 29.4 Å². The van der Waals surface area contributed by atoms with Gasteiger partial charge in [0.05, 0.1) is 0 Å². The Bertz CT molecular complexity index is 430. The average molecular weight is 200 g/mol. The van der Waals surface area contributed by atoms with E-state index in [9.17, 15) is 9.59 Å². The fraction of sp³-hybridized carbons (Fsp3) is 0.231. The standard InChI is InChI=1S/C13H12O2/c14-8-2-1-3-10-4-6-12-11(9-10)5-7-13(12)15/h1,3-4,6,8-9H,2,5,7H2. The van der Waals surface area contributed by atoms with Gasteiger partial charge in [-0.3, -0.25) is 4.79 Å². The molecule has 2 heteroatoms. The Balaban J connectivity index is 2.23. The molecule has 1 aromatic carbocycles. The molecule has 0 aliphatic heterocycles. The summed E-state index contributed by atoms with van der Waals surface area (Å²) in [6.07, 6.45) is 6.53. The van der Waals surface area contributed by atoms with Gasteiger partial charge in [0, 0.05) is 18.4 Å². The Morgan fingerprint density at radius 2 is 2.13 bits per heavy atom. The van der Waals surface area contributed by atoms with Crippen LogP contribution in [0.2, 0.25) is 0 Å². The van der Waals surface area contributed by atoms with E-state index in [2.05, 4.69) is 0 Å². The molecule has 76 valence electrons. The Hall–Kier alpha value is -1.70. The van der Waals surface area contributed by atoms with E-state index in [1.165, 1.54) is 0 Å². The van der Waals surface area contributed by atoms with E-state index in [4.69, 9.17) is 0 Å². The minimum absolute atomic E-state index is 0.244. The van der Waals surface area contributed by atoms with Gasteiger partial charge in [0.1, 0.15) is 6.29 Å². The summed E-state index contributed by atoms with van der Waals surface area (Å²) in [6.45, 7) is 0. The van der Waals surface area contributed by atoms with Crippen LogP contribution in [0.5, 0.6) is 0 Å². The topological polar surface area (TPSA) is 34.1 Å². The Morgan fingerprint density at radius 1 is 1.27 bits per heavy atom. The number of carbonyl (C=O) groups is 2. The first-order valence-electron chi connectivity index (χ1n) is 5.07. The third-order valence-electron chi connectivity index (χ3n) is 2.59. The van der Waals surface area contributed by atoms with Gasteiger partial charge in [-0.1, -0.05) is 30.4 Å². The normalized spacial score (nSPS) is 14.5. The summed E-state index contributed by atoms with van der Waals surface area (Å²) < 4.78 is 0. The fourth-order valence-corrected chi connectivity index (χ4v) is 1.84. The molecule has 0 atom stereocenters. The minimum Gasteiger partial charge on any atom is -0.303 e. The molecule has 0 fully saturated rings. The van der Waals surface area contributed by atoms with E-state index in [1.54, 1.807) is 0 Å². The van der Waals surface area contributed by atoms with Gasteiger partial charge < -0.3 is 4.79 Å². The van der Waals surface area contributed by atoms with Crippen molar-refractivity contribution in [2.75, 3.05) is 0 Å². The molecule has 2 rings (SSSR count). The van der Waals surface area contributed by atoms with E-state index in [0.29, 0.717) is 12.8 Å². The maximum absolute atomic E-state index is 11.4. The van der Waals surface area contributed by atoms with Gasteiger partial charge >= 0.3 is 0 Å². The van der Waals surface area contributed by atoms with E-state index in [-0.39, 0.29) is 5.78 Å². The second-order valence-electron chi connectivity index (χ2n) is 3.64. The lowest BCUT2D eigenvalue weighted by Crippen LogP contribution is -1.90. The first-order chi connectivity index (χ1) is 7.31. The number of hydrogen-bond acceptors (Lipinski definition) is 2. The van der Waals surface area contributed by atoms with Gasteiger partial charge in [-0.2, -0.15) is 0 Å². The number of hydrogen-bond donors (Lipinski definition) is 0. The van der Waals surface area contributed by atoms with Crippen LogP contribution in [0.25, 0.3) is 6.08 Å². The molecule has 1 aliphatic rings. The number of carbonyl (C=O) groups excluding carboxylic acids is 2. The summed E-state index contributed by atoms with van der Waals surface area (Å²) in [5.74, 6) is 0.244. The van der Waals surface area contributed by atoms with E-state index < -0.39 is 0 Å². The predicted molar refractivity (Wildman–Crippen MR) is 58.8 cm³/mol. The Morgan fingerprint density at radius 3 is 2.93 bits per heavy atom. The van der Waals surface area contributed by atoms with Crippen LogP contribution in [0.3, 0.4) is 0 Å². The van der Waals surface area contributed by atoms with Crippen LogP contribution in [-0.4, -0.2) is 12.1 Å². The zero-order valence-electron chi connectivity index (χ0n) is 8.40. The van der Waals surface area contributed by atoms with Gasteiger partial charge in [0.2, 0.25) is 0 Å². The lowest BCUT2D eigenvalue weighted by Gasteiger charge is -1.98. The molecule has 15 heavy (non-hydrogen) atoms. The van der Waals surface area contributed by atoms with Crippen LogP contribution in [0, 0.1) is 0 Å². The highest BCUT2D eigenvalue weighted by atomic mass is 16.1. The number of ketones is 1. The number of rotatable bonds is 3. The van der Waals surface area contributed by atoms with Crippen LogP contribution in [0.4, 0.5) is 0 Å². The molecule has 0 amide bonds. The molecule has 0 saturated carbocycles. The summed E-state index contributed by atoms with van der Waals surface area (Å²) in [6, 6.07) is 5.83. The summed E-state index contributed by atoms with van der Waals surface area (Å²) >= 11 is 0. The van der Waals surface area contributed by atoms with Crippen molar-refractivity contribution in [3.05, 3.63) is 41.0 Å². The number of Topliss-reactive ketones (excluding diaryl/α,β-unsaturated/α-hetero) is 1. The van der Waals surface area contributed by atoms with Crippen molar-refractivity contribution in [3.8, 4) is 0 Å². The van der Waals surface area contributed by atoms with Crippen molar-refractivity contribution in [3.63, 3.8) is 0 Å². The second-order valence-corrected chi connectivity index (χ2v) is 3.64. The predicted octanol–water partition coefficient (Wildman–Crippen LogP) is 2.42. The maximum Gasteiger partial charge on any atom is 0.163 e. The first kappa shape index (κ1) is 9.84. The largest absolute Gasteiger partial charge is 0.303 e. The third kappa shape index (κ3) is 2.04. The lowest BCUT2D eigenvalue weighted by atomic mass is 10.1. The van der Waals surface area contributed by atoms with Gasteiger partial charge in [-0.25, -0.2) is 0 Å². The van der Waals surface area contributed by atoms with Crippen LogP contribution in [-0.2, 0) is 11.2 Å².